The quantitative estimate of drug-likeness (QED) is 0.907. The summed E-state index contributed by atoms with van der Waals surface area (Å²) in [6.45, 7) is 2.46. The molecule has 20 heavy (non-hydrogen) atoms. The van der Waals surface area contributed by atoms with Crippen LogP contribution in [0.25, 0.3) is 0 Å². The van der Waals surface area contributed by atoms with Gasteiger partial charge in [0.1, 0.15) is 12.4 Å². The summed E-state index contributed by atoms with van der Waals surface area (Å²) in [7, 11) is 0. The van der Waals surface area contributed by atoms with Crippen LogP contribution in [0.5, 0.6) is 5.75 Å². The summed E-state index contributed by atoms with van der Waals surface area (Å²) >= 11 is 0. The van der Waals surface area contributed by atoms with E-state index in [9.17, 15) is 4.79 Å². The number of carbonyl (C=O) groups excluding carboxylic acids is 1. The van der Waals surface area contributed by atoms with Crippen molar-refractivity contribution in [3.05, 3.63) is 59.7 Å². The number of aryl methyl sites for hydroxylation is 1. The second-order valence-corrected chi connectivity index (χ2v) is 5.18. The van der Waals surface area contributed by atoms with Crippen LogP contribution in [0.1, 0.15) is 11.1 Å². The highest BCUT2D eigenvalue weighted by molar-refractivity contribution is 5.93. The minimum absolute atomic E-state index is 0.0170. The third-order valence-corrected chi connectivity index (χ3v) is 3.57. The molecular weight excluding hydrogens is 250 g/mol. The summed E-state index contributed by atoms with van der Waals surface area (Å²) < 4.78 is 5.65. The van der Waals surface area contributed by atoms with Gasteiger partial charge in [-0.15, -0.1) is 0 Å². The lowest BCUT2D eigenvalue weighted by molar-refractivity contribution is -0.121. The van der Waals surface area contributed by atoms with Crippen LogP contribution in [-0.2, 0) is 11.2 Å². The first-order valence-corrected chi connectivity index (χ1v) is 6.80. The Kier molecular flexibility index (Phi) is 3.42. The largest absolute Gasteiger partial charge is 0.492 e. The Morgan fingerprint density at radius 1 is 1.15 bits per heavy atom. The van der Waals surface area contributed by atoms with E-state index in [1.54, 1.807) is 0 Å². The topological polar surface area (TPSA) is 38.3 Å². The molecule has 1 heterocycles. The SMILES string of the molecule is Cc1ccc(NC(=O)[C@@H]2COc3ccccc3C2)cc1. The molecule has 0 aromatic heterocycles. The number of benzene rings is 2. The number of anilines is 1. The van der Waals surface area contributed by atoms with Gasteiger partial charge in [-0.3, -0.25) is 4.79 Å². The molecule has 1 aliphatic rings. The van der Waals surface area contributed by atoms with Gasteiger partial charge in [-0.1, -0.05) is 35.9 Å². The van der Waals surface area contributed by atoms with Crippen molar-refractivity contribution < 1.29 is 9.53 Å². The Morgan fingerprint density at radius 2 is 1.90 bits per heavy atom. The molecule has 0 saturated carbocycles. The summed E-state index contributed by atoms with van der Waals surface area (Å²) in [6, 6.07) is 15.7. The van der Waals surface area contributed by atoms with Crippen molar-refractivity contribution in [1.29, 1.82) is 0 Å². The van der Waals surface area contributed by atoms with E-state index in [-0.39, 0.29) is 11.8 Å². The maximum atomic E-state index is 12.3. The molecule has 0 aliphatic carbocycles. The molecule has 0 unspecified atom stereocenters. The zero-order valence-corrected chi connectivity index (χ0v) is 11.4. The molecule has 0 fully saturated rings. The van der Waals surface area contributed by atoms with E-state index < -0.39 is 0 Å². The average molecular weight is 267 g/mol. The first-order chi connectivity index (χ1) is 9.72. The molecule has 1 aliphatic heterocycles. The minimum atomic E-state index is -0.133. The number of para-hydroxylation sites is 1. The van der Waals surface area contributed by atoms with E-state index in [2.05, 4.69) is 5.32 Å². The van der Waals surface area contributed by atoms with Crippen LogP contribution < -0.4 is 10.1 Å². The molecule has 102 valence electrons. The number of rotatable bonds is 2. The monoisotopic (exact) mass is 267 g/mol. The van der Waals surface area contributed by atoms with E-state index >= 15 is 0 Å². The average Bonchev–Trinajstić information content (AvgIpc) is 2.49. The number of amides is 1. The fourth-order valence-electron chi connectivity index (χ4n) is 2.38. The Balaban J connectivity index is 1.68. The van der Waals surface area contributed by atoms with Crippen molar-refractivity contribution in [2.75, 3.05) is 11.9 Å². The second kappa shape index (κ2) is 5.37. The van der Waals surface area contributed by atoms with Crippen molar-refractivity contribution in [2.24, 2.45) is 5.92 Å². The smallest absolute Gasteiger partial charge is 0.231 e. The molecular formula is C17H17NO2. The standard InChI is InChI=1S/C17H17NO2/c1-12-6-8-15(9-7-12)18-17(19)14-10-13-4-2-3-5-16(13)20-11-14/h2-9,14H,10-11H2,1H3,(H,18,19)/t14-/m0/s1. The number of carbonyl (C=O) groups is 1. The highest BCUT2D eigenvalue weighted by Gasteiger charge is 2.25. The molecule has 0 radical (unpaired) electrons. The molecule has 0 saturated heterocycles. The van der Waals surface area contributed by atoms with Crippen molar-refractivity contribution >= 4 is 11.6 Å². The van der Waals surface area contributed by atoms with Gasteiger partial charge in [-0.05, 0) is 37.1 Å². The summed E-state index contributed by atoms with van der Waals surface area (Å²) in [4.78, 5) is 12.3. The number of ether oxygens (including phenoxy) is 1. The molecule has 2 aromatic rings. The van der Waals surface area contributed by atoms with E-state index in [0.717, 1.165) is 23.4 Å². The molecule has 1 N–H and O–H groups in total. The van der Waals surface area contributed by atoms with Crippen LogP contribution in [0.3, 0.4) is 0 Å². The van der Waals surface area contributed by atoms with E-state index in [0.29, 0.717) is 6.61 Å². The van der Waals surface area contributed by atoms with E-state index in [4.69, 9.17) is 4.74 Å². The van der Waals surface area contributed by atoms with E-state index in [1.807, 2.05) is 55.5 Å². The summed E-state index contributed by atoms with van der Waals surface area (Å²) in [6.07, 6.45) is 0.730. The lowest BCUT2D eigenvalue weighted by Gasteiger charge is -2.24. The van der Waals surface area contributed by atoms with Crippen LogP contribution in [0, 0.1) is 12.8 Å². The molecule has 3 nitrogen and oxygen atoms in total. The van der Waals surface area contributed by atoms with Gasteiger partial charge >= 0.3 is 0 Å². The first kappa shape index (κ1) is 12.7. The first-order valence-electron chi connectivity index (χ1n) is 6.80. The highest BCUT2D eigenvalue weighted by atomic mass is 16.5. The third kappa shape index (κ3) is 2.67. The van der Waals surface area contributed by atoms with Crippen molar-refractivity contribution in [3.63, 3.8) is 0 Å². The number of hydrogen-bond donors (Lipinski definition) is 1. The van der Waals surface area contributed by atoms with Gasteiger partial charge in [0.25, 0.3) is 0 Å². The van der Waals surface area contributed by atoms with Gasteiger partial charge in [-0.25, -0.2) is 0 Å². The van der Waals surface area contributed by atoms with Crippen molar-refractivity contribution in [1.82, 2.24) is 0 Å². The fraction of sp³-hybridized carbons (Fsp3) is 0.235. The van der Waals surface area contributed by atoms with Gasteiger partial charge in [0.05, 0.1) is 5.92 Å². The van der Waals surface area contributed by atoms with Crippen LogP contribution in [0.15, 0.2) is 48.5 Å². The number of fused-ring (bicyclic) bond motifs is 1. The highest BCUT2D eigenvalue weighted by Crippen LogP contribution is 2.27. The normalized spacial score (nSPS) is 16.9. The summed E-state index contributed by atoms with van der Waals surface area (Å²) in [5.74, 6) is 0.779. The number of hydrogen-bond acceptors (Lipinski definition) is 2. The van der Waals surface area contributed by atoms with Crippen LogP contribution in [0.2, 0.25) is 0 Å². The van der Waals surface area contributed by atoms with Crippen molar-refractivity contribution in [2.45, 2.75) is 13.3 Å². The molecule has 0 spiro atoms. The van der Waals surface area contributed by atoms with Gasteiger partial charge in [-0.2, -0.15) is 0 Å². The molecule has 1 atom stereocenters. The Labute approximate surface area is 118 Å². The Hall–Kier alpha value is -2.29. The van der Waals surface area contributed by atoms with Crippen LogP contribution in [0.4, 0.5) is 5.69 Å². The predicted octanol–water partition coefficient (Wildman–Crippen LogP) is 3.18. The zero-order chi connectivity index (χ0) is 13.9. The van der Waals surface area contributed by atoms with Gasteiger partial charge in [0, 0.05) is 5.69 Å². The lowest BCUT2D eigenvalue weighted by atomic mass is 9.96. The molecule has 2 aromatic carbocycles. The second-order valence-electron chi connectivity index (χ2n) is 5.18. The van der Waals surface area contributed by atoms with Crippen LogP contribution >= 0.6 is 0 Å². The predicted molar refractivity (Wildman–Crippen MR) is 78.9 cm³/mol. The molecule has 0 bridgehead atoms. The lowest BCUT2D eigenvalue weighted by Crippen LogP contribution is -2.32. The maximum Gasteiger partial charge on any atom is 0.231 e. The zero-order valence-electron chi connectivity index (χ0n) is 11.4. The minimum Gasteiger partial charge on any atom is -0.492 e. The molecule has 3 rings (SSSR count). The molecule has 1 amide bonds. The fourth-order valence-corrected chi connectivity index (χ4v) is 2.38. The van der Waals surface area contributed by atoms with Crippen LogP contribution in [-0.4, -0.2) is 12.5 Å². The third-order valence-electron chi connectivity index (χ3n) is 3.57. The maximum absolute atomic E-state index is 12.3. The summed E-state index contributed by atoms with van der Waals surface area (Å²) in [5, 5.41) is 2.95. The van der Waals surface area contributed by atoms with E-state index in [1.165, 1.54) is 5.56 Å². The Morgan fingerprint density at radius 3 is 2.70 bits per heavy atom. The molecule has 3 heteroatoms. The van der Waals surface area contributed by atoms with Gasteiger partial charge in [0.15, 0.2) is 0 Å². The van der Waals surface area contributed by atoms with Crippen molar-refractivity contribution in [3.8, 4) is 5.75 Å². The number of nitrogens with one attached hydrogen (secondary N) is 1. The van der Waals surface area contributed by atoms with Gasteiger partial charge < -0.3 is 10.1 Å². The summed E-state index contributed by atoms with van der Waals surface area (Å²) in [5.41, 5.74) is 3.11. The Bertz CT molecular complexity index is 619. The van der Waals surface area contributed by atoms with Gasteiger partial charge in [0.2, 0.25) is 5.91 Å².